The van der Waals surface area contributed by atoms with Crippen molar-refractivity contribution in [3.05, 3.63) is 65.7 Å². The highest BCUT2D eigenvalue weighted by Gasteiger charge is 2.19. The Morgan fingerprint density at radius 1 is 1.08 bits per heavy atom. The van der Waals surface area contributed by atoms with Crippen LogP contribution in [-0.2, 0) is 25.7 Å². The van der Waals surface area contributed by atoms with E-state index in [-0.39, 0.29) is 11.5 Å². The predicted octanol–water partition coefficient (Wildman–Crippen LogP) is 2.71. The number of hydrogen-bond donors (Lipinski definition) is 2. The molecule has 6 nitrogen and oxygen atoms in total. The molecule has 2 rings (SSSR count). The van der Waals surface area contributed by atoms with Crippen LogP contribution >= 0.6 is 0 Å². The van der Waals surface area contributed by atoms with Gasteiger partial charge in [-0.25, -0.2) is 0 Å². The second-order valence-corrected chi connectivity index (χ2v) is 7.66. The molecule has 0 fully saturated rings. The molecule has 25 heavy (non-hydrogen) atoms. The van der Waals surface area contributed by atoms with Crippen molar-refractivity contribution in [2.45, 2.75) is 37.8 Å². The van der Waals surface area contributed by atoms with Gasteiger partial charge in [0.1, 0.15) is 5.54 Å². The summed E-state index contributed by atoms with van der Waals surface area (Å²) in [5.74, 6) is -0.979. The highest BCUT2D eigenvalue weighted by molar-refractivity contribution is 7.86. The van der Waals surface area contributed by atoms with Gasteiger partial charge in [-0.05, 0) is 38.5 Å². The molecule has 0 aliphatic rings. The monoisotopic (exact) mass is 365 g/mol. The molecule has 0 spiro atoms. The molecule has 136 valence electrons. The van der Waals surface area contributed by atoms with Crippen molar-refractivity contribution < 1.29 is 22.5 Å². The van der Waals surface area contributed by atoms with Crippen molar-refractivity contribution >= 4 is 16.1 Å². The first kappa shape index (κ1) is 20.8. The topological polar surface area (TPSA) is 107 Å². The summed E-state index contributed by atoms with van der Waals surface area (Å²) in [5, 5.41) is 8.12. The van der Waals surface area contributed by atoms with Crippen LogP contribution in [0.15, 0.2) is 59.5 Å². The molecule has 0 heterocycles. The van der Waals surface area contributed by atoms with Crippen LogP contribution in [0.4, 0.5) is 0 Å². The largest absolute Gasteiger partial charge is 0.480 e. The second-order valence-electron chi connectivity index (χ2n) is 6.04. The van der Waals surface area contributed by atoms with Gasteiger partial charge in [-0.1, -0.05) is 48.0 Å². The van der Waals surface area contributed by atoms with Crippen LogP contribution in [0.1, 0.15) is 25.0 Å². The lowest BCUT2D eigenvalue weighted by atomic mass is 10.1. The maximum Gasteiger partial charge on any atom is 0.323 e. The van der Waals surface area contributed by atoms with Crippen LogP contribution in [0.25, 0.3) is 0 Å². The molecule has 2 aromatic rings. The Morgan fingerprint density at radius 3 is 2.00 bits per heavy atom. The highest BCUT2D eigenvalue weighted by atomic mass is 32.2. The van der Waals surface area contributed by atoms with E-state index < -0.39 is 21.6 Å². The van der Waals surface area contributed by atoms with Crippen LogP contribution in [0.2, 0.25) is 0 Å². The van der Waals surface area contributed by atoms with Crippen LogP contribution in [0.3, 0.4) is 0 Å². The zero-order valence-electron chi connectivity index (χ0n) is 14.5. The van der Waals surface area contributed by atoms with Crippen molar-refractivity contribution in [2.75, 3.05) is 0 Å². The highest BCUT2D eigenvalue weighted by Crippen LogP contribution is 2.15. The molecule has 0 aliphatic carbocycles. The first-order valence-electron chi connectivity index (χ1n) is 7.54. The quantitative estimate of drug-likeness (QED) is 0.789. The maximum atomic E-state index is 11.9. The summed E-state index contributed by atoms with van der Waals surface area (Å²) in [6, 6.07) is 15.8. The molecule has 0 saturated carbocycles. The van der Waals surface area contributed by atoms with Gasteiger partial charge in [-0.15, -0.1) is 0 Å². The first-order chi connectivity index (χ1) is 11.5. The van der Waals surface area contributed by atoms with E-state index in [1.807, 2.05) is 37.3 Å². The van der Waals surface area contributed by atoms with Crippen molar-refractivity contribution in [3.8, 4) is 0 Å². The molecule has 7 heteroatoms. The summed E-state index contributed by atoms with van der Waals surface area (Å²) in [6.07, 6.45) is 0. The molecular weight excluding hydrogens is 342 g/mol. The fourth-order valence-electron chi connectivity index (χ4n) is 1.49. The third kappa shape index (κ3) is 7.47. The van der Waals surface area contributed by atoms with Crippen LogP contribution in [0, 0.1) is 6.92 Å². The van der Waals surface area contributed by atoms with E-state index in [9.17, 15) is 13.2 Å². The number of carbonyl (C=O) groups is 1. The average molecular weight is 365 g/mol. The lowest BCUT2D eigenvalue weighted by Gasteiger charge is -2.09. The summed E-state index contributed by atoms with van der Waals surface area (Å²) in [6.45, 7) is 4.84. The normalized spacial score (nSPS) is 11.4. The Labute approximate surface area is 148 Å². The van der Waals surface area contributed by atoms with Crippen molar-refractivity contribution in [1.29, 1.82) is 0 Å². The van der Waals surface area contributed by atoms with E-state index in [1.54, 1.807) is 24.3 Å². The minimum Gasteiger partial charge on any atom is -0.480 e. The summed E-state index contributed by atoms with van der Waals surface area (Å²) in [7, 11) is -3.68. The second kappa shape index (κ2) is 8.75. The van der Waals surface area contributed by atoms with Gasteiger partial charge in [-0.3, -0.25) is 8.98 Å². The molecule has 0 saturated heterocycles. The Bertz CT molecular complexity index is 778. The Balaban J connectivity index is 0.000000381. The summed E-state index contributed by atoms with van der Waals surface area (Å²) >= 11 is 0. The first-order valence-corrected chi connectivity index (χ1v) is 8.95. The van der Waals surface area contributed by atoms with Gasteiger partial charge in [0, 0.05) is 0 Å². The van der Waals surface area contributed by atoms with Crippen LogP contribution < -0.4 is 5.73 Å². The molecule has 2 aromatic carbocycles. The molecule has 3 N–H and O–H groups in total. The van der Waals surface area contributed by atoms with E-state index in [0.717, 1.165) is 11.1 Å². The smallest absolute Gasteiger partial charge is 0.323 e. The van der Waals surface area contributed by atoms with Crippen molar-refractivity contribution in [1.82, 2.24) is 0 Å². The number of rotatable bonds is 5. The number of carboxylic acid groups (broad SMARTS) is 1. The Hall–Kier alpha value is -2.22. The SMILES string of the molecule is CC(C)(N)C(=O)O.Cc1ccc(S(=O)(=O)OCc2ccccc2)cc1. The van der Waals surface area contributed by atoms with Crippen LogP contribution in [-0.4, -0.2) is 25.0 Å². The standard InChI is InChI=1S/C14H14O3S.C4H9NO2/c1-12-7-9-14(10-8-12)18(15,16)17-11-13-5-3-2-4-6-13;1-4(2,5)3(6)7/h2-10H,11H2,1H3;5H2,1-2H3,(H,6,7). The van der Waals surface area contributed by atoms with Gasteiger partial charge in [0.05, 0.1) is 11.5 Å². The Morgan fingerprint density at radius 2 is 1.56 bits per heavy atom. The number of aliphatic carboxylic acids is 1. The molecule has 0 atom stereocenters. The lowest BCUT2D eigenvalue weighted by molar-refractivity contribution is -0.141. The van der Waals surface area contributed by atoms with Gasteiger partial charge in [0.2, 0.25) is 0 Å². The molecule has 0 bridgehead atoms. The molecule has 0 unspecified atom stereocenters. The molecule has 0 amide bonds. The van der Waals surface area contributed by atoms with E-state index in [0.29, 0.717) is 0 Å². The van der Waals surface area contributed by atoms with E-state index in [4.69, 9.17) is 15.0 Å². The average Bonchev–Trinajstić information content (AvgIpc) is 2.54. The molecule has 0 aromatic heterocycles. The van der Waals surface area contributed by atoms with Crippen molar-refractivity contribution in [3.63, 3.8) is 0 Å². The summed E-state index contributed by atoms with van der Waals surface area (Å²) in [5.41, 5.74) is 5.83. The zero-order chi connectivity index (χ0) is 19.1. The molecule has 0 aliphatic heterocycles. The number of aryl methyl sites for hydroxylation is 1. The lowest BCUT2D eigenvalue weighted by Crippen LogP contribution is -2.41. The van der Waals surface area contributed by atoms with Crippen LogP contribution in [0.5, 0.6) is 0 Å². The number of hydrogen-bond acceptors (Lipinski definition) is 5. The van der Waals surface area contributed by atoms with Crippen molar-refractivity contribution in [2.24, 2.45) is 5.73 Å². The maximum absolute atomic E-state index is 11.9. The number of carboxylic acids is 1. The van der Waals surface area contributed by atoms with Gasteiger partial charge in [-0.2, -0.15) is 8.42 Å². The number of benzene rings is 2. The Kier molecular flexibility index (Phi) is 7.29. The summed E-state index contributed by atoms with van der Waals surface area (Å²) in [4.78, 5) is 10.1. The zero-order valence-corrected chi connectivity index (χ0v) is 15.3. The van der Waals surface area contributed by atoms with E-state index in [1.165, 1.54) is 13.8 Å². The van der Waals surface area contributed by atoms with E-state index >= 15 is 0 Å². The van der Waals surface area contributed by atoms with Gasteiger partial charge < -0.3 is 10.8 Å². The summed E-state index contributed by atoms with van der Waals surface area (Å²) < 4.78 is 28.8. The third-order valence-electron chi connectivity index (χ3n) is 3.08. The third-order valence-corrected chi connectivity index (χ3v) is 4.36. The molecular formula is C18H23NO5S. The fraction of sp³-hybridized carbons (Fsp3) is 0.278. The molecule has 0 radical (unpaired) electrons. The van der Waals surface area contributed by atoms with Gasteiger partial charge >= 0.3 is 5.97 Å². The fourth-order valence-corrected chi connectivity index (χ4v) is 2.39. The van der Waals surface area contributed by atoms with E-state index in [2.05, 4.69) is 0 Å². The predicted molar refractivity (Wildman–Crippen MR) is 95.5 cm³/mol. The number of nitrogens with two attached hydrogens (primary N) is 1. The minimum absolute atomic E-state index is 0.0526. The van der Waals surface area contributed by atoms with Gasteiger partial charge in [0.25, 0.3) is 10.1 Å². The van der Waals surface area contributed by atoms with Gasteiger partial charge in [0.15, 0.2) is 0 Å². The minimum atomic E-state index is -3.68.